The van der Waals surface area contributed by atoms with Gasteiger partial charge in [-0.05, 0) is 51.0 Å². The first kappa shape index (κ1) is 17.5. The standard InChI is InChI=1S/C18H27N3O2/c1-13(2)18(21(19-5)14(3)4)20-10-15-7-6-8-16(9-15)22-11-17-12-23-17/h6-10,14,17,19H,11-12H2,1-5H3. The van der Waals surface area contributed by atoms with Crippen molar-refractivity contribution in [3.8, 4) is 5.75 Å². The predicted octanol–water partition coefficient (Wildman–Crippen LogP) is 2.98. The number of rotatable bonds is 8. The molecule has 1 aliphatic heterocycles. The van der Waals surface area contributed by atoms with Crippen LogP contribution in [-0.2, 0) is 4.74 Å². The van der Waals surface area contributed by atoms with Crippen LogP contribution in [0.3, 0.4) is 0 Å². The van der Waals surface area contributed by atoms with Gasteiger partial charge in [-0.1, -0.05) is 12.1 Å². The molecule has 1 aromatic carbocycles. The SMILES string of the molecule is CNN(C(N=Cc1cccc(OCC2CO2)c1)=C(C)C)C(C)C. The number of hydrazine groups is 1. The highest BCUT2D eigenvalue weighted by Gasteiger charge is 2.23. The lowest BCUT2D eigenvalue weighted by molar-refractivity contribution is 0.213. The summed E-state index contributed by atoms with van der Waals surface area (Å²) < 4.78 is 10.9. The Morgan fingerprint density at radius 1 is 1.48 bits per heavy atom. The van der Waals surface area contributed by atoms with Gasteiger partial charge >= 0.3 is 0 Å². The van der Waals surface area contributed by atoms with Crippen molar-refractivity contribution in [3.05, 3.63) is 41.2 Å². The van der Waals surface area contributed by atoms with Crippen LogP contribution in [0, 0.1) is 0 Å². The third-order valence-corrected chi connectivity index (χ3v) is 3.46. The van der Waals surface area contributed by atoms with Crippen LogP contribution < -0.4 is 10.2 Å². The van der Waals surface area contributed by atoms with Gasteiger partial charge in [0.05, 0.1) is 6.61 Å². The van der Waals surface area contributed by atoms with E-state index < -0.39 is 0 Å². The van der Waals surface area contributed by atoms with E-state index in [1.54, 1.807) is 0 Å². The molecule has 0 saturated carbocycles. The van der Waals surface area contributed by atoms with Gasteiger partial charge in [0.1, 0.15) is 24.3 Å². The van der Waals surface area contributed by atoms with Crippen LogP contribution in [0.4, 0.5) is 0 Å². The Labute approximate surface area is 139 Å². The van der Waals surface area contributed by atoms with Gasteiger partial charge in [0.2, 0.25) is 0 Å². The van der Waals surface area contributed by atoms with E-state index in [9.17, 15) is 0 Å². The summed E-state index contributed by atoms with van der Waals surface area (Å²) in [6.07, 6.45) is 2.13. The van der Waals surface area contributed by atoms with E-state index in [-0.39, 0.29) is 6.10 Å². The number of hydrogen-bond acceptors (Lipinski definition) is 5. The van der Waals surface area contributed by atoms with Gasteiger partial charge in [-0.3, -0.25) is 5.01 Å². The summed E-state index contributed by atoms with van der Waals surface area (Å²) in [6, 6.07) is 8.26. The summed E-state index contributed by atoms with van der Waals surface area (Å²) in [4.78, 5) is 4.67. The van der Waals surface area contributed by atoms with Gasteiger partial charge in [-0.2, -0.15) is 0 Å². The molecule has 1 aliphatic rings. The zero-order chi connectivity index (χ0) is 16.8. The Morgan fingerprint density at radius 2 is 2.22 bits per heavy atom. The molecule has 0 aromatic heterocycles. The third-order valence-electron chi connectivity index (χ3n) is 3.46. The minimum atomic E-state index is 0.264. The second-order valence-electron chi connectivity index (χ2n) is 6.11. The zero-order valence-corrected chi connectivity index (χ0v) is 14.7. The number of epoxide rings is 1. The minimum Gasteiger partial charge on any atom is -0.491 e. The molecule has 5 nitrogen and oxygen atoms in total. The van der Waals surface area contributed by atoms with Crippen molar-refractivity contribution in [1.82, 2.24) is 10.4 Å². The fraction of sp³-hybridized carbons (Fsp3) is 0.500. The predicted molar refractivity (Wildman–Crippen MR) is 93.7 cm³/mol. The highest BCUT2D eigenvalue weighted by Crippen LogP contribution is 2.17. The monoisotopic (exact) mass is 317 g/mol. The molecule has 1 N–H and O–H groups in total. The van der Waals surface area contributed by atoms with Gasteiger partial charge in [0.25, 0.3) is 0 Å². The van der Waals surface area contributed by atoms with E-state index in [4.69, 9.17) is 9.47 Å². The molecule has 1 unspecified atom stereocenters. The maximum absolute atomic E-state index is 5.71. The first-order valence-electron chi connectivity index (χ1n) is 8.04. The van der Waals surface area contributed by atoms with Crippen LogP contribution >= 0.6 is 0 Å². The molecule has 1 heterocycles. The first-order chi connectivity index (χ1) is 11.0. The Balaban J connectivity index is 2.09. The van der Waals surface area contributed by atoms with Crippen molar-refractivity contribution in [2.75, 3.05) is 20.3 Å². The Kier molecular flexibility index (Phi) is 6.19. The molecule has 0 radical (unpaired) electrons. The van der Waals surface area contributed by atoms with Crippen LogP contribution in [-0.4, -0.2) is 43.6 Å². The van der Waals surface area contributed by atoms with E-state index in [0.29, 0.717) is 12.6 Å². The molecule has 0 aliphatic carbocycles. The van der Waals surface area contributed by atoms with E-state index in [1.807, 2.05) is 37.5 Å². The third kappa shape index (κ3) is 5.37. The normalized spacial score (nSPS) is 16.7. The number of allylic oxidation sites excluding steroid dienone is 1. The summed E-state index contributed by atoms with van der Waals surface area (Å²) in [5.41, 5.74) is 5.36. The van der Waals surface area contributed by atoms with Crippen molar-refractivity contribution in [2.24, 2.45) is 4.99 Å². The molecule has 1 atom stereocenters. The molecule has 23 heavy (non-hydrogen) atoms. The van der Waals surface area contributed by atoms with Crippen LogP contribution in [0.5, 0.6) is 5.75 Å². The van der Waals surface area contributed by atoms with Gasteiger partial charge in [-0.15, -0.1) is 0 Å². The number of nitrogens with zero attached hydrogens (tertiary/aromatic N) is 2. The summed E-state index contributed by atoms with van der Waals surface area (Å²) in [5, 5.41) is 2.05. The highest BCUT2D eigenvalue weighted by atomic mass is 16.6. The van der Waals surface area contributed by atoms with Gasteiger partial charge < -0.3 is 9.47 Å². The molecule has 1 aromatic rings. The first-order valence-corrected chi connectivity index (χ1v) is 8.04. The Bertz CT molecular complexity index is 573. The summed E-state index contributed by atoms with van der Waals surface area (Å²) in [5.74, 6) is 1.78. The fourth-order valence-corrected chi connectivity index (χ4v) is 2.21. The molecule has 0 bridgehead atoms. The largest absolute Gasteiger partial charge is 0.491 e. The quantitative estimate of drug-likeness (QED) is 0.455. The Morgan fingerprint density at radius 3 is 2.78 bits per heavy atom. The second kappa shape index (κ2) is 8.13. The van der Waals surface area contributed by atoms with Crippen molar-refractivity contribution in [3.63, 3.8) is 0 Å². The van der Waals surface area contributed by atoms with Crippen molar-refractivity contribution in [1.29, 1.82) is 0 Å². The molecule has 5 heteroatoms. The average Bonchev–Trinajstić information content (AvgIpc) is 3.33. The highest BCUT2D eigenvalue weighted by molar-refractivity contribution is 5.81. The summed E-state index contributed by atoms with van der Waals surface area (Å²) in [6.45, 7) is 9.80. The lowest BCUT2D eigenvalue weighted by Gasteiger charge is -2.28. The zero-order valence-electron chi connectivity index (χ0n) is 14.7. The van der Waals surface area contributed by atoms with Crippen LogP contribution in [0.1, 0.15) is 33.3 Å². The smallest absolute Gasteiger partial charge is 0.141 e. The summed E-state index contributed by atoms with van der Waals surface area (Å²) >= 11 is 0. The van der Waals surface area contributed by atoms with Gasteiger partial charge in [-0.25, -0.2) is 10.4 Å². The topological polar surface area (TPSA) is 49.4 Å². The van der Waals surface area contributed by atoms with Crippen LogP contribution in [0.25, 0.3) is 0 Å². The Hall–Kier alpha value is -1.85. The summed E-state index contributed by atoms with van der Waals surface area (Å²) in [7, 11) is 1.91. The fourth-order valence-electron chi connectivity index (χ4n) is 2.21. The molecule has 0 amide bonds. The van der Waals surface area contributed by atoms with E-state index in [2.05, 4.69) is 43.1 Å². The van der Waals surface area contributed by atoms with Crippen LogP contribution in [0.2, 0.25) is 0 Å². The van der Waals surface area contributed by atoms with Gasteiger partial charge in [0.15, 0.2) is 0 Å². The number of aliphatic imine (C=N–C) groups is 1. The van der Waals surface area contributed by atoms with E-state index in [0.717, 1.165) is 29.3 Å². The molecular weight excluding hydrogens is 290 g/mol. The lowest BCUT2D eigenvalue weighted by atomic mass is 10.2. The number of benzene rings is 1. The second-order valence-corrected chi connectivity index (χ2v) is 6.11. The van der Waals surface area contributed by atoms with Crippen LogP contribution in [0.15, 0.2) is 40.7 Å². The van der Waals surface area contributed by atoms with Gasteiger partial charge in [0, 0.05) is 19.3 Å². The van der Waals surface area contributed by atoms with E-state index >= 15 is 0 Å². The molecule has 1 fully saturated rings. The van der Waals surface area contributed by atoms with Crippen molar-refractivity contribution >= 4 is 6.21 Å². The molecule has 1 saturated heterocycles. The number of nitrogens with one attached hydrogen (secondary N) is 1. The molecule has 2 rings (SSSR count). The van der Waals surface area contributed by atoms with Crippen molar-refractivity contribution < 1.29 is 9.47 Å². The number of ether oxygens (including phenoxy) is 2. The minimum absolute atomic E-state index is 0.264. The van der Waals surface area contributed by atoms with Crippen molar-refractivity contribution in [2.45, 2.75) is 39.8 Å². The lowest BCUT2D eigenvalue weighted by Crippen LogP contribution is -2.39. The maximum Gasteiger partial charge on any atom is 0.141 e. The maximum atomic E-state index is 5.71. The number of hydrogen-bond donors (Lipinski definition) is 1. The van der Waals surface area contributed by atoms with E-state index in [1.165, 1.54) is 0 Å². The molecular formula is C18H27N3O2. The molecule has 126 valence electrons. The molecule has 0 spiro atoms. The average molecular weight is 317 g/mol.